The predicted octanol–water partition coefficient (Wildman–Crippen LogP) is 6.64. The van der Waals surface area contributed by atoms with Crippen LogP contribution < -0.4 is 47.6 Å². The smallest absolute Gasteiger partial charge is 0.257 e. The molecule has 2 aromatic heterocycles. The number of hydrogen-bond donors (Lipinski definition) is 7. The van der Waals surface area contributed by atoms with Crippen LogP contribution >= 0.6 is 0 Å². The number of nitrogens with two attached hydrogens (primary N) is 3. The van der Waals surface area contributed by atoms with Crippen molar-refractivity contribution in [3.8, 4) is 0 Å². The van der Waals surface area contributed by atoms with Crippen LogP contribution in [0.3, 0.4) is 0 Å². The minimum atomic E-state index is -4.27. The first-order valence-corrected chi connectivity index (χ1v) is 25.3. The highest BCUT2D eigenvalue weighted by Gasteiger charge is 2.18. The number of anilines is 7. The summed E-state index contributed by atoms with van der Waals surface area (Å²) in [5.74, 6) is -1.79. The molecule has 21 heteroatoms. The average Bonchev–Trinajstić information content (AvgIpc) is 3.32. The van der Waals surface area contributed by atoms with E-state index >= 15 is 0 Å². The van der Waals surface area contributed by atoms with Crippen molar-refractivity contribution in [1.82, 2.24) is 0 Å². The lowest BCUT2D eigenvalue weighted by molar-refractivity contribution is -0.696. The highest BCUT2D eigenvalue weighted by molar-refractivity contribution is 7.86. The van der Waals surface area contributed by atoms with Gasteiger partial charge in [-0.25, -0.2) is 26.0 Å². The zero-order chi connectivity index (χ0) is 53.5. The van der Waals surface area contributed by atoms with Gasteiger partial charge in [-0.1, -0.05) is 49.2 Å². The summed E-state index contributed by atoms with van der Waals surface area (Å²) in [6.07, 6.45) is 9.45. The number of carbonyl (C=O) groups is 4. The Bertz CT molecular complexity index is 3280. The maximum absolute atomic E-state index is 13.1. The van der Waals surface area contributed by atoms with Crippen LogP contribution in [0, 0.1) is 13.8 Å². The first-order valence-electron chi connectivity index (χ1n) is 22.5. The summed E-state index contributed by atoms with van der Waals surface area (Å²) in [5.41, 5.74) is 23.6. The van der Waals surface area contributed by atoms with Gasteiger partial charge in [0.1, 0.15) is 44.7 Å². The number of nitrogens with zero attached hydrogens (tertiary/aromatic N) is 2. The number of amides is 4. The van der Waals surface area contributed by atoms with Crippen LogP contribution in [-0.2, 0) is 33.3 Å². The van der Waals surface area contributed by atoms with Gasteiger partial charge in [-0.05, 0) is 105 Å². The Labute approximate surface area is 423 Å². The number of rotatable bonds is 14. The Morgan fingerprint density at radius 2 is 0.808 bits per heavy atom. The fourth-order valence-electron chi connectivity index (χ4n) is 6.80. The van der Waals surface area contributed by atoms with Gasteiger partial charge >= 0.3 is 0 Å². The van der Waals surface area contributed by atoms with E-state index in [1.807, 2.05) is 59.9 Å². The number of aromatic nitrogens is 2. The summed E-state index contributed by atoms with van der Waals surface area (Å²) in [6, 6.07) is 32.3. The number of nitrogen functional groups attached to an aromatic ring is 3. The van der Waals surface area contributed by atoms with Crippen molar-refractivity contribution in [1.29, 1.82) is 0 Å². The largest absolute Gasteiger partial charge is 0.744 e. The SMILES string of the molecule is CCC[n+]1cccc(NC(=O)c2ccc(NC(=O)c3ccc(C(=O)Nc4ccc(C(=O)Nc5ccc[n+](CCC)c5)c(N)c4)c(N)c3)cc2N)c1.Cc1ccc(S(=O)(=O)[O-])cc1.Cc1ccc(S(=O)(=O)[O-])cc1. The number of aryl methyl sites for hydroxylation is 4. The first kappa shape index (κ1) is 55.4. The number of benzene rings is 5. The Balaban J connectivity index is 0.000000366. The Morgan fingerprint density at radius 3 is 1.15 bits per heavy atom. The van der Waals surface area contributed by atoms with E-state index in [2.05, 4.69) is 35.1 Å². The third-order valence-electron chi connectivity index (χ3n) is 10.5. The zero-order valence-electron chi connectivity index (χ0n) is 40.3. The fraction of sp³-hybridized carbons (Fsp3) is 0.154. The summed E-state index contributed by atoms with van der Waals surface area (Å²) in [6.45, 7) is 9.43. The molecule has 0 bridgehead atoms. The molecule has 19 nitrogen and oxygen atoms in total. The summed E-state index contributed by atoms with van der Waals surface area (Å²) < 4.78 is 66.3. The highest BCUT2D eigenvalue weighted by atomic mass is 32.2. The van der Waals surface area contributed by atoms with Crippen molar-refractivity contribution in [2.24, 2.45) is 0 Å². The van der Waals surface area contributed by atoms with Crippen LogP contribution in [0.1, 0.15) is 79.2 Å². The van der Waals surface area contributed by atoms with Crippen molar-refractivity contribution >= 4 is 83.7 Å². The molecule has 380 valence electrons. The molecule has 0 unspecified atom stereocenters. The van der Waals surface area contributed by atoms with E-state index in [0.717, 1.165) is 37.1 Å². The third-order valence-corrected chi connectivity index (χ3v) is 12.2. The predicted molar refractivity (Wildman–Crippen MR) is 277 cm³/mol. The Morgan fingerprint density at radius 1 is 0.466 bits per heavy atom. The molecule has 7 rings (SSSR count). The topological polar surface area (TPSA) is 317 Å². The van der Waals surface area contributed by atoms with Crippen molar-refractivity contribution in [3.63, 3.8) is 0 Å². The normalized spacial score (nSPS) is 10.9. The maximum Gasteiger partial charge on any atom is 0.257 e. The summed E-state index contributed by atoms with van der Waals surface area (Å²) in [5, 5.41) is 11.2. The number of pyridine rings is 2. The van der Waals surface area contributed by atoms with Gasteiger partial charge in [0.05, 0.1) is 26.5 Å². The molecule has 0 radical (unpaired) electrons. The standard InChI is InChI=1S/C38H39N9O4.2C7H8O3S/c1-3-15-46-17-5-7-27(22-46)44-37(50)30-13-10-25(20-33(30)40)42-35(48)24-9-12-29(32(39)19-24)36(49)43-26-11-14-31(34(41)21-26)38(51)45-28-8-6-18-47(23-28)16-4-2;2*1-6-2-4-7(5-3-6)11(8,9)10/h5-14,17-23H,3-4,15-16H2,1-2H3,(H8-2,39,40,41,42,43,44,45,48,49,50,51);2*2-5H,1H3,(H,8,9,10). The van der Waals surface area contributed by atoms with Crippen molar-refractivity contribution < 1.29 is 54.3 Å². The minimum Gasteiger partial charge on any atom is -0.744 e. The molecular weight excluding hydrogens is 975 g/mol. The van der Waals surface area contributed by atoms with Gasteiger partial charge in [0.15, 0.2) is 24.8 Å². The minimum absolute atomic E-state index is 0.0694. The zero-order valence-corrected chi connectivity index (χ0v) is 41.9. The molecule has 73 heavy (non-hydrogen) atoms. The van der Waals surface area contributed by atoms with Gasteiger partial charge in [-0.3, -0.25) is 19.2 Å². The average molecular weight is 1030 g/mol. The van der Waals surface area contributed by atoms with Crippen LogP contribution in [0.4, 0.5) is 39.8 Å². The molecular formula is C52H55N9O10S2. The Kier molecular flexibility index (Phi) is 19.0. The van der Waals surface area contributed by atoms with Gasteiger partial charge in [0.2, 0.25) is 0 Å². The van der Waals surface area contributed by atoms with E-state index in [1.54, 1.807) is 48.5 Å². The van der Waals surface area contributed by atoms with Crippen LogP contribution in [0.15, 0.2) is 162 Å². The van der Waals surface area contributed by atoms with E-state index in [4.69, 9.17) is 17.2 Å². The lowest BCUT2D eigenvalue weighted by Gasteiger charge is -2.12. The number of hydrogen-bond acceptors (Lipinski definition) is 13. The molecule has 0 aliphatic heterocycles. The van der Waals surface area contributed by atoms with Gasteiger partial charge < -0.3 is 47.6 Å². The van der Waals surface area contributed by atoms with Crippen molar-refractivity contribution in [2.45, 2.75) is 63.4 Å². The van der Waals surface area contributed by atoms with Crippen LogP contribution in [0.2, 0.25) is 0 Å². The molecule has 0 fully saturated rings. The second kappa shape index (κ2) is 25.1. The van der Waals surface area contributed by atoms with E-state index in [0.29, 0.717) is 22.7 Å². The molecule has 0 aliphatic rings. The van der Waals surface area contributed by atoms with Crippen molar-refractivity contribution in [3.05, 3.63) is 186 Å². The Hall–Kier alpha value is -8.50. The highest BCUT2D eigenvalue weighted by Crippen LogP contribution is 2.24. The quantitative estimate of drug-likeness (QED) is 0.0342. The molecule has 10 N–H and O–H groups in total. The molecule has 0 saturated heterocycles. The van der Waals surface area contributed by atoms with Gasteiger partial charge in [0.25, 0.3) is 23.6 Å². The summed E-state index contributed by atoms with van der Waals surface area (Å²) in [4.78, 5) is 51.6. The lowest BCUT2D eigenvalue weighted by Crippen LogP contribution is -2.33. The number of nitrogens with one attached hydrogen (secondary N) is 4. The lowest BCUT2D eigenvalue weighted by atomic mass is 10.1. The molecule has 2 heterocycles. The molecule has 5 aromatic carbocycles. The fourth-order valence-corrected chi connectivity index (χ4v) is 7.74. The van der Waals surface area contributed by atoms with Gasteiger partial charge in [-0.2, -0.15) is 0 Å². The van der Waals surface area contributed by atoms with E-state index in [1.165, 1.54) is 66.7 Å². The monoisotopic (exact) mass is 1030 g/mol. The van der Waals surface area contributed by atoms with Crippen LogP contribution in [-0.4, -0.2) is 49.6 Å². The molecule has 0 saturated carbocycles. The molecule has 7 aromatic rings. The maximum atomic E-state index is 13.1. The summed E-state index contributed by atoms with van der Waals surface area (Å²) >= 11 is 0. The van der Waals surface area contributed by atoms with Gasteiger partial charge in [0, 0.05) is 59.0 Å². The molecule has 4 amide bonds. The second-order valence-corrected chi connectivity index (χ2v) is 19.2. The second-order valence-electron chi connectivity index (χ2n) is 16.4. The van der Waals surface area contributed by atoms with E-state index in [9.17, 15) is 45.1 Å². The molecule has 0 spiro atoms. The first-order chi connectivity index (χ1) is 34.5. The van der Waals surface area contributed by atoms with Crippen molar-refractivity contribution in [2.75, 3.05) is 38.5 Å². The molecule has 0 aliphatic carbocycles. The summed E-state index contributed by atoms with van der Waals surface area (Å²) in [7, 11) is -8.54. The number of carbonyl (C=O) groups excluding carboxylic acids is 4. The molecule has 0 atom stereocenters. The third kappa shape index (κ3) is 16.5. The van der Waals surface area contributed by atoms with Crippen LogP contribution in [0.5, 0.6) is 0 Å². The van der Waals surface area contributed by atoms with E-state index < -0.39 is 32.1 Å². The van der Waals surface area contributed by atoms with Gasteiger partial charge in [-0.15, -0.1) is 0 Å². The van der Waals surface area contributed by atoms with E-state index in [-0.39, 0.29) is 60.9 Å². The van der Waals surface area contributed by atoms with Crippen LogP contribution in [0.25, 0.3) is 0 Å².